The molecule has 19 heavy (non-hydrogen) atoms. The fourth-order valence-corrected chi connectivity index (χ4v) is 6.19. The Morgan fingerprint density at radius 2 is 2.11 bits per heavy atom. The van der Waals surface area contributed by atoms with Crippen molar-refractivity contribution in [2.45, 2.75) is 44.0 Å². The van der Waals surface area contributed by atoms with Gasteiger partial charge in [0.25, 0.3) is 0 Å². The molecule has 1 aliphatic rings. The lowest BCUT2D eigenvalue weighted by atomic mass is 9.89. The van der Waals surface area contributed by atoms with Crippen molar-refractivity contribution in [1.29, 1.82) is 0 Å². The molecule has 1 aromatic heterocycles. The van der Waals surface area contributed by atoms with E-state index in [0.29, 0.717) is 21.8 Å². The van der Waals surface area contributed by atoms with Gasteiger partial charge in [-0.2, -0.15) is 0 Å². The highest BCUT2D eigenvalue weighted by atomic mass is 79.9. The summed E-state index contributed by atoms with van der Waals surface area (Å²) in [6.07, 6.45) is 4.57. The number of nitrogens with one attached hydrogen (secondary N) is 1. The molecule has 0 bridgehead atoms. The van der Waals surface area contributed by atoms with E-state index in [1.54, 1.807) is 6.07 Å². The average Bonchev–Trinajstić information content (AvgIpc) is 2.94. The summed E-state index contributed by atoms with van der Waals surface area (Å²) in [4.78, 5) is 1.17. The van der Waals surface area contributed by atoms with Crippen LogP contribution in [0.25, 0.3) is 0 Å². The molecule has 0 aliphatic heterocycles. The van der Waals surface area contributed by atoms with Gasteiger partial charge in [0, 0.05) is 18.0 Å². The molecule has 1 aliphatic carbocycles. The third-order valence-corrected chi connectivity index (χ3v) is 7.37. The Bertz CT molecular complexity index is 548. The molecule has 3 N–H and O–H groups in total. The van der Waals surface area contributed by atoms with Gasteiger partial charge in [0.2, 0.25) is 10.0 Å². The molecule has 1 heterocycles. The molecule has 0 radical (unpaired) electrons. The van der Waals surface area contributed by atoms with Gasteiger partial charge in [0.15, 0.2) is 0 Å². The van der Waals surface area contributed by atoms with Crippen LogP contribution in [0, 0.1) is 5.41 Å². The van der Waals surface area contributed by atoms with Crippen molar-refractivity contribution >= 4 is 37.3 Å². The zero-order chi connectivity index (χ0) is 14.1. The summed E-state index contributed by atoms with van der Waals surface area (Å²) in [6, 6.07) is 1.65. The minimum absolute atomic E-state index is 0.103. The number of hydrogen-bond donors (Lipinski definition) is 2. The topological polar surface area (TPSA) is 72.2 Å². The van der Waals surface area contributed by atoms with Crippen molar-refractivity contribution in [1.82, 2.24) is 4.72 Å². The molecule has 1 aromatic rings. The van der Waals surface area contributed by atoms with Crippen LogP contribution in [0.4, 0.5) is 0 Å². The average molecular weight is 367 g/mol. The third kappa shape index (κ3) is 3.58. The summed E-state index contributed by atoms with van der Waals surface area (Å²) < 4.78 is 28.0. The highest BCUT2D eigenvalue weighted by molar-refractivity contribution is 9.11. The summed E-state index contributed by atoms with van der Waals surface area (Å²) >= 11 is 4.68. The highest BCUT2D eigenvalue weighted by Crippen LogP contribution is 2.37. The predicted molar refractivity (Wildman–Crippen MR) is 81.7 cm³/mol. The van der Waals surface area contributed by atoms with Crippen LogP contribution in [0.15, 0.2) is 14.7 Å². The van der Waals surface area contributed by atoms with Crippen molar-refractivity contribution in [3.8, 4) is 0 Å². The maximum atomic E-state index is 12.3. The molecule has 4 nitrogen and oxygen atoms in total. The van der Waals surface area contributed by atoms with Gasteiger partial charge in [-0.25, -0.2) is 13.1 Å². The number of rotatable bonds is 5. The Morgan fingerprint density at radius 3 is 2.63 bits per heavy atom. The fraction of sp³-hybridized carbons (Fsp3) is 0.667. The Morgan fingerprint density at radius 1 is 1.47 bits per heavy atom. The molecule has 0 saturated heterocycles. The number of hydrogen-bond acceptors (Lipinski definition) is 4. The Kier molecular flexibility index (Phi) is 4.72. The summed E-state index contributed by atoms with van der Waals surface area (Å²) in [5, 5.41) is 0. The summed E-state index contributed by atoms with van der Waals surface area (Å²) in [5.41, 5.74) is 5.65. The fourth-order valence-electron chi connectivity index (χ4n) is 2.43. The third-order valence-electron chi connectivity index (χ3n) is 3.70. The lowest BCUT2D eigenvalue weighted by Crippen LogP contribution is -2.34. The molecule has 1 saturated carbocycles. The monoisotopic (exact) mass is 366 g/mol. The molecule has 0 aromatic carbocycles. The molecule has 0 spiro atoms. The molecule has 1 fully saturated rings. The van der Waals surface area contributed by atoms with E-state index < -0.39 is 10.0 Å². The number of sulfonamides is 1. The minimum Gasteiger partial charge on any atom is -0.326 e. The van der Waals surface area contributed by atoms with Gasteiger partial charge in [-0.05, 0) is 40.3 Å². The summed E-state index contributed by atoms with van der Waals surface area (Å²) in [7, 11) is -3.45. The lowest BCUT2D eigenvalue weighted by molar-refractivity contribution is 0.336. The van der Waals surface area contributed by atoms with E-state index >= 15 is 0 Å². The van der Waals surface area contributed by atoms with E-state index in [1.807, 2.05) is 0 Å². The molecular weight excluding hydrogens is 348 g/mol. The van der Waals surface area contributed by atoms with Crippen LogP contribution in [0.5, 0.6) is 0 Å². The van der Waals surface area contributed by atoms with E-state index in [4.69, 9.17) is 5.73 Å². The maximum Gasteiger partial charge on any atom is 0.242 e. The van der Waals surface area contributed by atoms with E-state index in [0.717, 1.165) is 17.7 Å². The predicted octanol–water partition coefficient (Wildman–Crippen LogP) is 2.83. The van der Waals surface area contributed by atoms with E-state index in [2.05, 4.69) is 27.6 Å². The number of nitrogens with two attached hydrogens (primary N) is 1. The second-order valence-corrected chi connectivity index (χ2v) is 9.59. The molecule has 2 rings (SSSR count). The van der Waals surface area contributed by atoms with E-state index in [1.165, 1.54) is 24.2 Å². The second kappa shape index (κ2) is 5.81. The first kappa shape index (κ1) is 15.4. The molecule has 108 valence electrons. The quantitative estimate of drug-likeness (QED) is 0.841. The van der Waals surface area contributed by atoms with Crippen LogP contribution in [-0.4, -0.2) is 15.0 Å². The standard InChI is InChI=1S/C12H19BrN2O2S2/c1-12(4-2-3-5-12)8-15-19(16,17)10-6-9(7-14)18-11(10)13/h6,15H,2-5,7-8,14H2,1H3. The van der Waals surface area contributed by atoms with Gasteiger partial charge in [-0.3, -0.25) is 0 Å². The van der Waals surface area contributed by atoms with Gasteiger partial charge >= 0.3 is 0 Å². The number of halogens is 1. The molecule has 0 atom stereocenters. The van der Waals surface area contributed by atoms with Crippen molar-refractivity contribution in [3.05, 3.63) is 14.7 Å². The van der Waals surface area contributed by atoms with Crippen LogP contribution in [0.1, 0.15) is 37.5 Å². The largest absolute Gasteiger partial charge is 0.326 e. The van der Waals surface area contributed by atoms with Crippen LogP contribution < -0.4 is 10.5 Å². The van der Waals surface area contributed by atoms with Crippen molar-refractivity contribution < 1.29 is 8.42 Å². The first-order valence-electron chi connectivity index (χ1n) is 6.34. The zero-order valence-corrected chi connectivity index (χ0v) is 14.1. The van der Waals surface area contributed by atoms with Gasteiger partial charge in [0.05, 0.1) is 3.79 Å². The molecule has 0 amide bonds. The molecular formula is C12H19BrN2O2S2. The van der Waals surface area contributed by atoms with Crippen LogP contribution in [0.3, 0.4) is 0 Å². The van der Waals surface area contributed by atoms with E-state index in [9.17, 15) is 8.42 Å². The van der Waals surface area contributed by atoms with Gasteiger partial charge in [-0.1, -0.05) is 19.8 Å². The second-order valence-electron chi connectivity index (χ2n) is 5.40. The van der Waals surface area contributed by atoms with Crippen molar-refractivity contribution in [2.24, 2.45) is 11.1 Å². The Hall–Kier alpha value is 0.0500. The summed E-state index contributed by atoms with van der Waals surface area (Å²) in [5.74, 6) is 0. The van der Waals surface area contributed by atoms with E-state index in [-0.39, 0.29) is 5.41 Å². The van der Waals surface area contributed by atoms with Crippen LogP contribution in [0.2, 0.25) is 0 Å². The van der Waals surface area contributed by atoms with Crippen molar-refractivity contribution in [3.63, 3.8) is 0 Å². The Labute approximate surface area is 127 Å². The van der Waals surface area contributed by atoms with Gasteiger partial charge in [-0.15, -0.1) is 11.3 Å². The van der Waals surface area contributed by atoms with Gasteiger partial charge < -0.3 is 5.73 Å². The maximum absolute atomic E-state index is 12.3. The molecule has 0 unspecified atom stereocenters. The Balaban J connectivity index is 2.11. The van der Waals surface area contributed by atoms with Crippen LogP contribution in [-0.2, 0) is 16.6 Å². The number of thiophene rings is 1. The normalized spacial score (nSPS) is 18.9. The van der Waals surface area contributed by atoms with Crippen LogP contribution >= 0.6 is 27.3 Å². The first-order chi connectivity index (χ1) is 8.86. The first-order valence-corrected chi connectivity index (χ1v) is 9.43. The SMILES string of the molecule is CC1(CNS(=O)(=O)c2cc(CN)sc2Br)CCCC1. The van der Waals surface area contributed by atoms with Crippen molar-refractivity contribution in [2.75, 3.05) is 6.54 Å². The minimum atomic E-state index is -3.45. The lowest BCUT2D eigenvalue weighted by Gasteiger charge is -2.23. The molecule has 7 heteroatoms. The van der Waals surface area contributed by atoms with Gasteiger partial charge in [0.1, 0.15) is 4.90 Å². The zero-order valence-electron chi connectivity index (χ0n) is 10.9. The smallest absolute Gasteiger partial charge is 0.242 e. The highest BCUT2D eigenvalue weighted by Gasteiger charge is 2.31. The summed E-state index contributed by atoms with van der Waals surface area (Å²) in [6.45, 7) is 3.02.